The lowest BCUT2D eigenvalue weighted by atomic mass is 9.96. The highest BCUT2D eigenvalue weighted by molar-refractivity contribution is 5.79. The molecule has 3 rings (SSSR count). The number of piperidine rings is 1. The Labute approximate surface area is 168 Å². The van der Waals surface area contributed by atoms with Gasteiger partial charge in [-0.05, 0) is 68.6 Å². The Morgan fingerprint density at radius 2 is 1.96 bits per heavy atom. The maximum absolute atomic E-state index is 5.35. The number of aliphatic imine (C=N–C) groups is 1. The first-order valence-electron chi connectivity index (χ1n) is 10.2. The molecular formula is C22H32N4O2. The van der Waals surface area contributed by atoms with Gasteiger partial charge in [0.05, 0.1) is 13.4 Å². The number of hydrogen-bond acceptors (Lipinski definition) is 4. The van der Waals surface area contributed by atoms with Crippen molar-refractivity contribution in [2.45, 2.75) is 32.9 Å². The number of nitrogens with zero attached hydrogens (tertiary/aromatic N) is 2. The fourth-order valence-electron chi connectivity index (χ4n) is 3.48. The Balaban J connectivity index is 1.40. The van der Waals surface area contributed by atoms with Crippen LogP contribution < -0.4 is 15.4 Å². The zero-order valence-corrected chi connectivity index (χ0v) is 17.0. The van der Waals surface area contributed by atoms with Gasteiger partial charge >= 0.3 is 0 Å². The fourth-order valence-corrected chi connectivity index (χ4v) is 3.48. The summed E-state index contributed by atoms with van der Waals surface area (Å²) in [7, 11) is 1.71. The molecule has 2 heterocycles. The summed E-state index contributed by atoms with van der Waals surface area (Å²) in [6.45, 7) is 7.74. The molecule has 0 saturated carbocycles. The molecule has 0 unspecified atom stereocenters. The SMILES string of the molecule is CCNC(=NCc1ccco1)NCC1CCN(Cc2ccc(OC)cc2)CC1. The van der Waals surface area contributed by atoms with Crippen LogP contribution in [0.5, 0.6) is 5.75 Å². The molecule has 0 bridgehead atoms. The molecule has 0 spiro atoms. The van der Waals surface area contributed by atoms with Crippen molar-refractivity contribution in [3.63, 3.8) is 0 Å². The third-order valence-corrected chi connectivity index (χ3v) is 5.15. The van der Waals surface area contributed by atoms with E-state index in [0.29, 0.717) is 12.5 Å². The van der Waals surface area contributed by atoms with Gasteiger partial charge in [-0.1, -0.05) is 12.1 Å². The summed E-state index contributed by atoms with van der Waals surface area (Å²) in [5, 5.41) is 6.81. The highest BCUT2D eigenvalue weighted by atomic mass is 16.5. The predicted molar refractivity (Wildman–Crippen MR) is 113 cm³/mol. The van der Waals surface area contributed by atoms with E-state index >= 15 is 0 Å². The summed E-state index contributed by atoms with van der Waals surface area (Å²) in [5.74, 6) is 3.34. The lowest BCUT2D eigenvalue weighted by Crippen LogP contribution is -2.42. The van der Waals surface area contributed by atoms with E-state index < -0.39 is 0 Å². The van der Waals surface area contributed by atoms with E-state index in [2.05, 4.69) is 39.6 Å². The quantitative estimate of drug-likeness (QED) is 0.540. The average Bonchev–Trinajstić information content (AvgIpc) is 3.25. The summed E-state index contributed by atoms with van der Waals surface area (Å²) in [5.41, 5.74) is 1.34. The van der Waals surface area contributed by atoms with Gasteiger partial charge in [0.15, 0.2) is 5.96 Å². The molecule has 2 aromatic rings. The number of guanidine groups is 1. The molecule has 0 atom stereocenters. The molecule has 0 amide bonds. The summed E-state index contributed by atoms with van der Waals surface area (Å²) < 4.78 is 10.6. The maximum atomic E-state index is 5.35. The van der Waals surface area contributed by atoms with Crippen LogP contribution in [0.1, 0.15) is 31.1 Å². The number of rotatable bonds is 8. The van der Waals surface area contributed by atoms with Crippen molar-refractivity contribution in [2.75, 3.05) is 33.3 Å². The number of furan rings is 1. The lowest BCUT2D eigenvalue weighted by Gasteiger charge is -2.32. The van der Waals surface area contributed by atoms with E-state index in [-0.39, 0.29) is 0 Å². The summed E-state index contributed by atoms with van der Waals surface area (Å²) >= 11 is 0. The van der Waals surface area contributed by atoms with Crippen LogP contribution in [-0.4, -0.2) is 44.1 Å². The van der Waals surface area contributed by atoms with Crippen molar-refractivity contribution in [1.82, 2.24) is 15.5 Å². The van der Waals surface area contributed by atoms with Crippen LogP contribution in [0.4, 0.5) is 0 Å². The van der Waals surface area contributed by atoms with Crippen molar-refractivity contribution in [1.29, 1.82) is 0 Å². The summed E-state index contributed by atoms with van der Waals surface area (Å²) in [6, 6.07) is 12.2. The highest BCUT2D eigenvalue weighted by Gasteiger charge is 2.19. The van der Waals surface area contributed by atoms with Gasteiger partial charge in [0.2, 0.25) is 0 Å². The van der Waals surface area contributed by atoms with Gasteiger partial charge in [-0.3, -0.25) is 4.90 Å². The van der Waals surface area contributed by atoms with Gasteiger partial charge in [-0.15, -0.1) is 0 Å². The van der Waals surface area contributed by atoms with Gasteiger partial charge in [-0.2, -0.15) is 0 Å². The second kappa shape index (κ2) is 10.8. The minimum absolute atomic E-state index is 0.558. The van der Waals surface area contributed by atoms with E-state index in [9.17, 15) is 0 Å². The van der Waals surface area contributed by atoms with Crippen molar-refractivity contribution >= 4 is 5.96 Å². The Hall–Kier alpha value is -2.47. The van der Waals surface area contributed by atoms with E-state index in [1.807, 2.05) is 24.3 Å². The third-order valence-electron chi connectivity index (χ3n) is 5.15. The topological polar surface area (TPSA) is 62.0 Å². The first-order valence-corrected chi connectivity index (χ1v) is 10.2. The number of likely N-dealkylation sites (tertiary alicyclic amines) is 1. The Morgan fingerprint density at radius 3 is 2.61 bits per heavy atom. The monoisotopic (exact) mass is 384 g/mol. The largest absolute Gasteiger partial charge is 0.497 e. The third kappa shape index (κ3) is 6.30. The number of ether oxygens (including phenoxy) is 1. The molecule has 6 heteroatoms. The first-order chi connectivity index (χ1) is 13.8. The Kier molecular flexibility index (Phi) is 7.79. The Bertz CT molecular complexity index is 705. The molecular weight excluding hydrogens is 352 g/mol. The van der Waals surface area contributed by atoms with Crippen LogP contribution >= 0.6 is 0 Å². The van der Waals surface area contributed by atoms with E-state index in [1.165, 1.54) is 18.4 Å². The predicted octanol–water partition coefficient (Wildman–Crippen LogP) is 3.26. The normalized spacial score (nSPS) is 16.1. The molecule has 1 aliphatic rings. The molecule has 1 aliphatic heterocycles. The van der Waals surface area contributed by atoms with Crippen LogP contribution in [0.3, 0.4) is 0 Å². The number of hydrogen-bond donors (Lipinski definition) is 2. The second-order valence-corrected chi connectivity index (χ2v) is 7.22. The number of methoxy groups -OCH3 is 1. The van der Waals surface area contributed by atoms with Crippen LogP contribution in [0.2, 0.25) is 0 Å². The number of nitrogens with one attached hydrogen (secondary N) is 2. The van der Waals surface area contributed by atoms with Gasteiger partial charge in [-0.25, -0.2) is 4.99 Å². The van der Waals surface area contributed by atoms with Crippen LogP contribution in [-0.2, 0) is 13.1 Å². The Morgan fingerprint density at radius 1 is 1.18 bits per heavy atom. The lowest BCUT2D eigenvalue weighted by molar-refractivity contribution is 0.178. The smallest absolute Gasteiger partial charge is 0.191 e. The van der Waals surface area contributed by atoms with Crippen LogP contribution in [0, 0.1) is 5.92 Å². The highest BCUT2D eigenvalue weighted by Crippen LogP contribution is 2.19. The minimum Gasteiger partial charge on any atom is -0.497 e. The van der Waals surface area contributed by atoms with Gasteiger partial charge in [0, 0.05) is 19.6 Å². The van der Waals surface area contributed by atoms with Crippen LogP contribution in [0.25, 0.3) is 0 Å². The van der Waals surface area contributed by atoms with Crippen LogP contribution in [0.15, 0.2) is 52.1 Å². The van der Waals surface area contributed by atoms with Gasteiger partial charge in [0.25, 0.3) is 0 Å². The van der Waals surface area contributed by atoms with E-state index in [0.717, 1.165) is 50.2 Å². The molecule has 1 saturated heterocycles. The standard InChI is InChI=1S/C22H32N4O2/c1-3-23-22(25-16-21-5-4-14-28-21)24-15-18-10-12-26(13-11-18)17-19-6-8-20(27-2)9-7-19/h4-9,14,18H,3,10-13,15-17H2,1-2H3,(H2,23,24,25). The molecule has 0 aliphatic carbocycles. The summed E-state index contributed by atoms with van der Waals surface area (Å²) in [4.78, 5) is 7.14. The van der Waals surface area contributed by atoms with Crippen molar-refractivity contribution < 1.29 is 9.15 Å². The van der Waals surface area contributed by atoms with Gasteiger partial charge in [0.1, 0.15) is 18.1 Å². The molecule has 152 valence electrons. The van der Waals surface area contributed by atoms with E-state index in [1.54, 1.807) is 13.4 Å². The molecule has 2 N–H and O–H groups in total. The molecule has 1 fully saturated rings. The zero-order chi connectivity index (χ0) is 19.6. The van der Waals surface area contributed by atoms with Crippen molar-refractivity contribution in [3.8, 4) is 5.75 Å². The molecule has 1 aromatic carbocycles. The maximum Gasteiger partial charge on any atom is 0.191 e. The molecule has 0 radical (unpaired) electrons. The van der Waals surface area contributed by atoms with Crippen molar-refractivity contribution in [3.05, 3.63) is 54.0 Å². The minimum atomic E-state index is 0.558. The average molecular weight is 385 g/mol. The fraction of sp³-hybridized carbons (Fsp3) is 0.500. The molecule has 6 nitrogen and oxygen atoms in total. The van der Waals surface area contributed by atoms with Crippen molar-refractivity contribution in [2.24, 2.45) is 10.9 Å². The molecule has 28 heavy (non-hydrogen) atoms. The van der Waals surface area contributed by atoms with Gasteiger partial charge < -0.3 is 19.8 Å². The second-order valence-electron chi connectivity index (χ2n) is 7.22. The number of benzene rings is 1. The van der Waals surface area contributed by atoms with E-state index in [4.69, 9.17) is 9.15 Å². The zero-order valence-electron chi connectivity index (χ0n) is 17.0. The first kappa shape index (κ1) is 20.3. The molecule has 1 aromatic heterocycles. The summed E-state index contributed by atoms with van der Waals surface area (Å²) in [6.07, 6.45) is 4.10.